The number of nitrogens with one attached hydrogen (secondary N) is 3. The molecule has 0 atom stereocenters. The fourth-order valence-electron chi connectivity index (χ4n) is 2.24. The molecule has 0 amide bonds. The van der Waals surface area contributed by atoms with Crippen LogP contribution in [-0.2, 0) is 6.61 Å². The number of anilines is 2. The summed E-state index contributed by atoms with van der Waals surface area (Å²) in [5, 5.41) is 18.7. The van der Waals surface area contributed by atoms with Crippen LogP contribution in [-0.4, -0.2) is 20.3 Å². The van der Waals surface area contributed by atoms with Crippen LogP contribution in [0.5, 0.6) is 0 Å². The van der Waals surface area contributed by atoms with E-state index in [2.05, 4.69) is 20.5 Å². The van der Waals surface area contributed by atoms with E-state index in [1.54, 1.807) is 0 Å². The van der Waals surface area contributed by atoms with E-state index in [1.807, 2.05) is 31.2 Å². The predicted molar refractivity (Wildman–Crippen MR) is 77.1 cm³/mol. The minimum Gasteiger partial charge on any atom is -0.392 e. The van der Waals surface area contributed by atoms with Crippen LogP contribution in [0, 0.1) is 6.92 Å². The van der Waals surface area contributed by atoms with Gasteiger partial charge in [0.15, 0.2) is 0 Å². The highest BCUT2D eigenvalue weighted by atomic mass is 16.3. The maximum Gasteiger partial charge on any atom is 0.266 e. The molecular formula is C14H14N4O2. The normalized spacial score (nSPS) is 10.9. The molecule has 20 heavy (non-hydrogen) atoms. The topological polar surface area (TPSA) is 93.8 Å². The largest absolute Gasteiger partial charge is 0.392 e. The number of H-pyrrole nitrogens is 2. The first-order valence-electron chi connectivity index (χ1n) is 6.22. The molecule has 0 radical (unpaired) electrons. The van der Waals surface area contributed by atoms with E-state index in [0.29, 0.717) is 5.82 Å². The molecule has 6 nitrogen and oxygen atoms in total. The second kappa shape index (κ2) is 4.82. The molecule has 0 saturated carbocycles. The maximum atomic E-state index is 11.1. The fourth-order valence-corrected chi connectivity index (χ4v) is 2.24. The van der Waals surface area contributed by atoms with E-state index >= 15 is 0 Å². The summed E-state index contributed by atoms with van der Waals surface area (Å²) >= 11 is 0. The van der Waals surface area contributed by atoms with Crippen LogP contribution in [0.2, 0.25) is 0 Å². The summed E-state index contributed by atoms with van der Waals surface area (Å²) < 4.78 is 0. The molecule has 2 aromatic heterocycles. The fraction of sp³-hybridized carbons (Fsp3) is 0.143. The number of aryl methyl sites for hydroxylation is 1. The van der Waals surface area contributed by atoms with Crippen LogP contribution < -0.4 is 10.9 Å². The molecule has 0 bridgehead atoms. The number of aromatic nitrogens is 3. The van der Waals surface area contributed by atoms with Gasteiger partial charge < -0.3 is 10.4 Å². The second-order valence-corrected chi connectivity index (χ2v) is 4.58. The molecule has 0 fully saturated rings. The van der Waals surface area contributed by atoms with E-state index in [0.717, 1.165) is 27.8 Å². The Morgan fingerprint density at radius 3 is 2.85 bits per heavy atom. The summed E-state index contributed by atoms with van der Waals surface area (Å²) in [5.41, 5.74) is 3.00. The number of rotatable bonds is 3. The molecule has 0 aliphatic heterocycles. The molecule has 102 valence electrons. The van der Waals surface area contributed by atoms with Crippen LogP contribution >= 0.6 is 0 Å². The minimum absolute atomic E-state index is 0.0374. The molecular weight excluding hydrogens is 256 g/mol. The van der Waals surface area contributed by atoms with Crippen molar-refractivity contribution in [3.05, 3.63) is 51.9 Å². The number of aliphatic hydroxyl groups is 1. The van der Waals surface area contributed by atoms with E-state index in [1.165, 1.54) is 6.07 Å². The third kappa shape index (κ3) is 2.17. The first-order valence-corrected chi connectivity index (χ1v) is 6.22. The number of hydrogen-bond acceptors (Lipinski definition) is 4. The molecule has 0 saturated heterocycles. The van der Waals surface area contributed by atoms with Crippen LogP contribution in [0.4, 0.5) is 11.5 Å². The Labute approximate surface area is 114 Å². The minimum atomic E-state index is -0.201. The average molecular weight is 270 g/mol. The highest BCUT2D eigenvalue weighted by Gasteiger charge is 2.08. The smallest absolute Gasteiger partial charge is 0.266 e. The quantitative estimate of drug-likeness (QED) is 0.583. The molecule has 0 aliphatic carbocycles. The van der Waals surface area contributed by atoms with Gasteiger partial charge in [-0.3, -0.25) is 20.0 Å². The zero-order valence-electron chi connectivity index (χ0n) is 10.9. The molecule has 1 aromatic carbocycles. The number of benzene rings is 1. The van der Waals surface area contributed by atoms with Gasteiger partial charge in [0.2, 0.25) is 0 Å². The van der Waals surface area contributed by atoms with Gasteiger partial charge in [-0.05, 0) is 24.6 Å². The molecule has 2 heterocycles. The van der Waals surface area contributed by atoms with Crippen molar-refractivity contribution in [3.8, 4) is 0 Å². The number of aromatic amines is 2. The van der Waals surface area contributed by atoms with Gasteiger partial charge in [-0.1, -0.05) is 12.1 Å². The van der Waals surface area contributed by atoms with Crippen molar-refractivity contribution in [2.24, 2.45) is 0 Å². The van der Waals surface area contributed by atoms with Crippen LogP contribution in [0.3, 0.4) is 0 Å². The summed E-state index contributed by atoms with van der Waals surface area (Å²) in [6.07, 6.45) is 0. The van der Waals surface area contributed by atoms with E-state index in [-0.39, 0.29) is 12.2 Å². The van der Waals surface area contributed by atoms with Crippen LogP contribution in [0.1, 0.15) is 11.3 Å². The number of pyridine rings is 1. The lowest BCUT2D eigenvalue weighted by molar-refractivity contribution is 0.283. The number of para-hydroxylation sites is 1. The first kappa shape index (κ1) is 12.4. The summed E-state index contributed by atoms with van der Waals surface area (Å²) in [6.45, 7) is 1.85. The lowest BCUT2D eigenvalue weighted by Crippen LogP contribution is -1.97. The van der Waals surface area contributed by atoms with Crippen molar-refractivity contribution in [2.75, 3.05) is 5.32 Å². The monoisotopic (exact) mass is 270 g/mol. The van der Waals surface area contributed by atoms with Gasteiger partial charge in [0.05, 0.1) is 17.8 Å². The van der Waals surface area contributed by atoms with Gasteiger partial charge in [0.25, 0.3) is 5.56 Å². The van der Waals surface area contributed by atoms with Crippen molar-refractivity contribution in [3.63, 3.8) is 0 Å². The lowest BCUT2D eigenvalue weighted by Gasteiger charge is -2.10. The maximum absolute atomic E-state index is 11.1. The molecule has 0 unspecified atom stereocenters. The van der Waals surface area contributed by atoms with Gasteiger partial charge in [0, 0.05) is 17.1 Å². The summed E-state index contributed by atoms with van der Waals surface area (Å²) in [4.78, 5) is 15.6. The second-order valence-electron chi connectivity index (χ2n) is 4.58. The number of fused-ring (bicyclic) bond motifs is 1. The van der Waals surface area contributed by atoms with Gasteiger partial charge >= 0.3 is 0 Å². The highest BCUT2D eigenvalue weighted by molar-refractivity contribution is 5.94. The van der Waals surface area contributed by atoms with E-state index in [4.69, 9.17) is 0 Å². The van der Waals surface area contributed by atoms with Crippen molar-refractivity contribution < 1.29 is 5.11 Å². The molecule has 6 heteroatoms. The van der Waals surface area contributed by atoms with Crippen molar-refractivity contribution >= 4 is 22.4 Å². The SMILES string of the molecule is Cc1cc(CO)c2cccc(Nc3cc(=O)[nH][nH]3)c2n1. The Bertz CT molecular complexity index is 819. The molecule has 0 aliphatic rings. The Hall–Kier alpha value is -2.60. The standard InChI is InChI=1S/C14H14N4O2/c1-8-5-9(7-19)10-3-2-4-11(14(10)15-8)16-12-6-13(20)18-17-12/h2-6,19H,7H2,1H3,(H3,16,17,18,20). The zero-order chi connectivity index (χ0) is 14.1. The van der Waals surface area contributed by atoms with Gasteiger partial charge in [-0.2, -0.15) is 0 Å². The summed E-state index contributed by atoms with van der Waals surface area (Å²) in [5.74, 6) is 0.566. The molecule has 0 spiro atoms. The van der Waals surface area contributed by atoms with Gasteiger partial charge in [-0.25, -0.2) is 0 Å². The number of aliphatic hydroxyl groups excluding tert-OH is 1. The van der Waals surface area contributed by atoms with Crippen molar-refractivity contribution in [2.45, 2.75) is 13.5 Å². The summed E-state index contributed by atoms with van der Waals surface area (Å²) in [6, 6.07) is 8.97. The Morgan fingerprint density at radius 2 is 2.15 bits per heavy atom. The van der Waals surface area contributed by atoms with Crippen molar-refractivity contribution in [1.29, 1.82) is 0 Å². The Kier molecular flexibility index (Phi) is 3.00. The summed E-state index contributed by atoms with van der Waals surface area (Å²) in [7, 11) is 0. The predicted octanol–water partition coefficient (Wildman–Crippen LogP) is 1.80. The first-order chi connectivity index (χ1) is 9.67. The Morgan fingerprint density at radius 1 is 1.30 bits per heavy atom. The lowest BCUT2D eigenvalue weighted by atomic mass is 10.1. The average Bonchev–Trinajstić information content (AvgIpc) is 2.84. The van der Waals surface area contributed by atoms with E-state index < -0.39 is 0 Å². The van der Waals surface area contributed by atoms with E-state index in [9.17, 15) is 9.90 Å². The number of nitrogens with zero attached hydrogens (tertiary/aromatic N) is 1. The number of hydrogen-bond donors (Lipinski definition) is 4. The van der Waals surface area contributed by atoms with Crippen LogP contribution in [0.15, 0.2) is 35.1 Å². The van der Waals surface area contributed by atoms with Crippen molar-refractivity contribution in [1.82, 2.24) is 15.2 Å². The third-order valence-electron chi connectivity index (χ3n) is 3.09. The Balaban J connectivity index is 2.15. The zero-order valence-corrected chi connectivity index (χ0v) is 10.9. The van der Waals surface area contributed by atoms with Gasteiger partial charge in [0.1, 0.15) is 5.82 Å². The molecule has 4 N–H and O–H groups in total. The van der Waals surface area contributed by atoms with Gasteiger partial charge in [-0.15, -0.1) is 0 Å². The van der Waals surface area contributed by atoms with Crippen LogP contribution in [0.25, 0.3) is 10.9 Å². The highest BCUT2D eigenvalue weighted by Crippen LogP contribution is 2.27. The molecule has 3 aromatic rings. The molecule has 3 rings (SSSR count). The third-order valence-corrected chi connectivity index (χ3v) is 3.09.